The number of likely N-dealkylation sites (tertiary alicyclic amines) is 1. The average molecular weight is 600 g/mol. The molecule has 242 valence electrons. The zero-order valence-corrected chi connectivity index (χ0v) is 25.8. The predicted molar refractivity (Wildman–Crippen MR) is 155 cm³/mol. The Morgan fingerprint density at radius 1 is 0.881 bits per heavy atom. The first-order chi connectivity index (χ1) is 20.0. The quantitative estimate of drug-likeness (QED) is 0.0569. The van der Waals surface area contributed by atoms with Crippen molar-refractivity contribution >= 4 is 17.7 Å². The van der Waals surface area contributed by atoms with Crippen molar-refractivity contribution in [1.29, 1.82) is 0 Å². The molecule has 0 aromatic heterocycles. The molecule has 2 aliphatic heterocycles. The number of rotatable bonds is 19. The lowest BCUT2D eigenvalue weighted by Gasteiger charge is -2.39. The molecule has 2 fully saturated rings. The Bertz CT molecular complexity index is 871. The van der Waals surface area contributed by atoms with Gasteiger partial charge in [-0.2, -0.15) is 0 Å². The number of ether oxygens (including phenoxy) is 3. The molecule has 0 spiro atoms. The summed E-state index contributed by atoms with van der Waals surface area (Å²) in [6.07, 6.45) is 7.66. The lowest BCUT2D eigenvalue weighted by atomic mass is 9.95. The van der Waals surface area contributed by atoms with E-state index in [1.165, 1.54) is 43.9 Å². The summed E-state index contributed by atoms with van der Waals surface area (Å²) >= 11 is 0. The maximum absolute atomic E-state index is 12.3. The minimum atomic E-state index is -1.44. The molecule has 0 saturated carbocycles. The SMILES string of the molecule is CC(=O)OC[C@H]1O[C@@H](OCCCCCCCCCCCCCC[C@@H](C)/C(O)=C2\C(=O)[C@H](C)N(C)C2=O)[C@@H](O)[C@@H](O)[C@@H]1O. The number of carbonyl (C=O) groups is 3. The highest BCUT2D eigenvalue weighted by Crippen LogP contribution is 2.27. The molecule has 0 bridgehead atoms. The fourth-order valence-corrected chi connectivity index (χ4v) is 5.37. The lowest BCUT2D eigenvalue weighted by Crippen LogP contribution is -2.59. The van der Waals surface area contributed by atoms with Gasteiger partial charge in [0.05, 0.1) is 6.04 Å². The summed E-state index contributed by atoms with van der Waals surface area (Å²) in [6.45, 7) is 4.92. The zero-order chi connectivity index (χ0) is 31.2. The fourth-order valence-electron chi connectivity index (χ4n) is 5.37. The third kappa shape index (κ3) is 10.9. The smallest absolute Gasteiger partial charge is 0.302 e. The van der Waals surface area contributed by atoms with Crippen molar-refractivity contribution in [2.45, 2.75) is 141 Å². The van der Waals surface area contributed by atoms with E-state index in [-0.39, 0.29) is 35.5 Å². The molecule has 0 unspecified atom stereocenters. The van der Waals surface area contributed by atoms with Gasteiger partial charge in [-0.15, -0.1) is 0 Å². The van der Waals surface area contributed by atoms with E-state index in [4.69, 9.17) is 14.2 Å². The van der Waals surface area contributed by atoms with E-state index in [1.807, 2.05) is 6.92 Å². The molecule has 0 aromatic carbocycles. The molecular weight excluding hydrogens is 546 g/mol. The van der Waals surface area contributed by atoms with E-state index in [0.29, 0.717) is 6.61 Å². The van der Waals surface area contributed by atoms with Crippen molar-refractivity contribution in [3.8, 4) is 0 Å². The molecule has 2 saturated heterocycles. The molecule has 2 heterocycles. The summed E-state index contributed by atoms with van der Waals surface area (Å²) < 4.78 is 15.9. The Balaban J connectivity index is 1.44. The highest BCUT2D eigenvalue weighted by molar-refractivity contribution is 6.26. The minimum absolute atomic E-state index is 0.0331. The number of carbonyl (C=O) groups excluding carboxylic acids is 3. The monoisotopic (exact) mass is 599 g/mol. The molecule has 11 nitrogen and oxygen atoms in total. The molecule has 4 N–H and O–H groups in total. The Morgan fingerprint density at radius 2 is 1.40 bits per heavy atom. The molecule has 0 aliphatic carbocycles. The predicted octanol–water partition coefficient (Wildman–Crippen LogP) is 3.32. The van der Waals surface area contributed by atoms with Gasteiger partial charge in [-0.05, 0) is 19.8 Å². The molecule has 2 rings (SSSR count). The second kappa shape index (κ2) is 18.6. The van der Waals surface area contributed by atoms with E-state index in [2.05, 4.69) is 0 Å². The van der Waals surface area contributed by atoms with Crippen LogP contribution in [0.25, 0.3) is 0 Å². The first kappa shape index (κ1) is 36.1. The molecule has 1 amide bonds. The van der Waals surface area contributed by atoms with Gasteiger partial charge in [-0.1, -0.05) is 77.6 Å². The van der Waals surface area contributed by atoms with Gasteiger partial charge in [0.25, 0.3) is 5.91 Å². The molecule has 11 heteroatoms. The van der Waals surface area contributed by atoms with Gasteiger partial charge in [0.2, 0.25) is 0 Å². The van der Waals surface area contributed by atoms with Crippen LogP contribution in [0.4, 0.5) is 0 Å². The maximum Gasteiger partial charge on any atom is 0.302 e. The standard InChI is InChI=1S/C31H53NO10/c1-20(25(34)24-26(35)21(2)32(4)30(24)39)17-15-13-11-9-7-5-6-8-10-12-14-16-18-40-31-29(38)28(37)27(36)23(42-31)19-41-22(3)33/h20-21,23,27-29,31,34,36-38H,5-19H2,1-4H3/b25-24-/t20-,21+,23-,27-,28+,29+,31-/m1/s1. The summed E-state index contributed by atoms with van der Waals surface area (Å²) in [5.41, 5.74) is -0.0331. The van der Waals surface area contributed by atoms with E-state index in [9.17, 15) is 34.8 Å². The van der Waals surface area contributed by atoms with Crippen molar-refractivity contribution < 1.29 is 49.0 Å². The number of hydrogen-bond acceptors (Lipinski definition) is 10. The number of esters is 1. The summed E-state index contributed by atoms with van der Waals surface area (Å²) in [7, 11) is 1.59. The van der Waals surface area contributed by atoms with Crippen molar-refractivity contribution in [3.63, 3.8) is 0 Å². The number of aliphatic hydroxyl groups is 4. The summed E-state index contributed by atoms with van der Waals surface area (Å²) in [6, 6.07) is -0.510. The van der Waals surface area contributed by atoms with Gasteiger partial charge in [0.1, 0.15) is 42.4 Å². The van der Waals surface area contributed by atoms with Crippen LogP contribution in [0.2, 0.25) is 0 Å². The number of unbranched alkanes of at least 4 members (excludes halogenated alkanes) is 11. The van der Waals surface area contributed by atoms with Crippen molar-refractivity contribution in [1.82, 2.24) is 4.90 Å². The average Bonchev–Trinajstić information content (AvgIpc) is 3.15. The molecule has 42 heavy (non-hydrogen) atoms. The second-order valence-corrected chi connectivity index (χ2v) is 11.8. The van der Waals surface area contributed by atoms with Crippen molar-refractivity contribution in [2.24, 2.45) is 5.92 Å². The molecule has 0 aromatic rings. The van der Waals surface area contributed by atoms with Crippen LogP contribution in [-0.4, -0.2) is 100.0 Å². The zero-order valence-electron chi connectivity index (χ0n) is 25.8. The second-order valence-electron chi connectivity index (χ2n) is 11.8. The summed E-state index contributed by atoms with van der Waals surface area (Å²) in [5.74, 6) is -1.45. The van der Waals surface area contributed by atoms with Gasteiger partial charge >= 0.3 is 5.97 Å². The number of likely N-dealkylation sites (N-methyl/N-ethyl adjacent to an activating group) is 1. The molecule has 2 aliphatic rings. The largest absolute Gasteiger partial charge is 0.511 e. The van der Waals surface area contributed by atoms with Crippen LogP contribution in [-0.2, 0) is 28.6 Å². The van der Waals surface area contributed by atoms with Gasteiger partial charge in [0.15, 0.2) is 12.1 Å². The highest BCUT2D eigenvalue weighted by atomic mass is 16.7. The van der Waals surface area contributed by atoms with E-state index in [0.717, 1.165) is 51.4 Å². The van der Waals surface area contributed by atoms with Crippen LogP contribution in [0.15, 0.2) is 11.3 Å². The van der Waals surface area contributed by atoms with Crippen LogP contribution >= 0.6 is 0 Å². The van der Waals surface area contributed by atoms with Crippen LogP contribution < -0.4 is 0 Å². The van der Waals surface area contributed by atoms with Crippen LogP contribution in [0.3, 0.4) is 0 Å². The number of Topliss-reactive ketones (excluding diaryl/α,β-unsaturated/α-hetero) is 1. The van der Waals surface area contributed by atoms with Crippen LogP contribution in [0, 0.1) is 5.92 Å². The van der Waals surface area contributed by atoms with Crippen LogP contribution in [0.1, 0.15) is 104 Å². The molecule has 0 radical (unpaired) electrons. The van der Waals surface area contributed by atoms with E-state index >= 15 is 0 Å². The van der Waals surface area contributed by atoms with Gasteiger partial charge in [0, 0.05) is 26.5 Å². The Kier molecular flexibility index (Phi) is 16.0. The topological polar surface area (TPSA) is 163 Å². The van der Waals surface area contributed by atoms with Crippen molar-refractivity contribution in [2.75, 3.05) is 20.3 Å². The Morgan fingerprint density at radius 3 is 1.90 bits per heavy atom. The van der Waals surface area contributed by atoms with E-state index < -0.39 is 42.7 Å². The van der Waals surface area contributed by atoms with Crippen LogP contribution in [0.5, 0.6) is 0 Å². The maximum atomic E-state index is 12.3. The lowest BCUT2D eigenvalue weighted by molar-refractivity contribution is -0.301. The first-order valence-corrected chi connectivity index (χ1v) is 15.7. The normalized spacial score (nSPS) is 28.3. The highest BCUT2D eigenvalue weighted by Gasteiger charge is 2.44. The van der Waals surface area contributed by atoms with Gasteiger partial charge < -0.3 is 39.5 Å². The molecule has 7 atom stereocenters. The number of amides is 1. The van der Waals surface area contributed by atoms with Gasteiger partial charge in [-0.25, -0.2) is 0 Å². The third-order valence-corrected chi connectivity index (χ3v) is 8.40. The molecular formula is C31H53NO10. The van der Waals surface area contributed by atoms with Gasteiger partial charge in [-0.3, -0.25) is 14.4 Å². The Labute approximate surface area is 250 Å². The number of hydrogen-bond donors (Lipinski definition) is 4. The Hall–Kier alpha value is -2.05. The number of aliphatic hydroxyl groups excluding tert-OH is 4. The number of nitrogens with zero attached hydrogens (tertiary/aromatic N) is 1. The number of allylic oxidation sites excluding steroid dienone is 1. The third-order valence-electron chi connectivity index (χ3n) is 8.40. The first-order valence-electron chi connectivity index (χ1n) is 15.7. The summed E-state index contributed by atoms with van der Waals surface area (Å²) in [4.78, 5) is 36.9. The van der Waals surface area contributed by atoms with E-state index in [1.54, 1.807) is 14.0 Å². The number of ketones is 1. The summed E-state index contributed by atoms with van der Waals surface area (Å²) in [5, 5.41) is 40.6. The van der Waals surface area contributed by atoms with Crippen molar-refractivity contribution in [3.05, 3.63) is 11.3 Å². The fraction of sp³-hybridized carbons (Fsp3) is 0.839. The minimum Gasteiger partial charge on any atom is -0.511 e.